The number of amides is 1. The van der Waals surface area contributed by atoms with Crippen molar-refractivity contribution in [3.63, 3.8) is 0 Å². The van der Waals surface area contributed by atoms with Crippen LogP contribution in [0.1, 0.15) is 60.6 Å². The Hall–Kier alpha value is -3.26. The van der Waals surface area contributed by atoms with Crippen LogP contribution < -0.4 is 9.64 Å². The Labute approximate surface area is 220 Å². The van der Waals surface area contributed by atoms with E-state index in [4.69, 9.17) is 14.2 Å². The second kappa shape index (κ2) is 8.94. The molecule has 3 aliphatic heterocycles. The zero-order valence-electron chi connectivity index (χ0n) is 21.2. The van der Waals surface area contributed by atoms with E-state index < -0.39 is 0 Å². The monoisotopic (exact) mass is 514 g/mol. The SMILES string of the molecule is Cc1noc(C)c1-c1ccc2c(c1)nc(C1CCC(=O)N1c1ccc3c(c1)CCO3)n2C1CCSCC1. The Bertz CT molecular complexity index is 1500. The lowest BCUT2D eigenvalue weighted by molar-refractivity contribution is -0.117. The van der Waals surface area contributed by atoms with Crippen LogP contribution in [-0.4, -0.2) is 38.7 Å². The molecule has 0 bridgehead atoms. The summed E-state index contributed by atoms with van der Waals surface area (Å²) in [7, 11) is 0. The van der Waals surface area contributed by atoms with Crippen molar-refractivity contribution in [2.24, 2.45) is 0 Å². The minimum absolute atomic E-state index is 0.0858. The summed E-state index contributed by atoms with van der Waals surface area (Å²) in [5, 5.41) is 4.15. The fourth-order valence-corrected chi connectivity index (χ4v) is 7.39. The topological polar surface area (TPSA) is 73.4 Å². The van der Waals surface area contributed by atoms with Gasteiger partial charge >= 0.3 is 0 Å². The molecule has 2 saturated heterocycles. The fraction of sp³-hybridized carbons (Fsp3) is 0.414. The lowest BCUT2D eigenvalue weighted by atomic mass is 10.0. The Balaban J connectivity index is 1.37. The van der Waals surface area contributed by atoms with Crippen LogP contribution in [0, 0.1) is 13.8 Å². The molecule has 7 rings (SSSR count). The van der Waals surface area contributed by atoms with E-state index in [1.54, 1.807) is 0 Å². The van der Waals surface area contributed by atoms with Gasteiger partial charge in [-0.2, -0.15) is 11.8 Å². The number of rotatable bonds is 4. The Morgan fingerprint density at radius 2 is 1.89 bits per heavy atom. The molecular weight excluding hydrogens is 484 g/mol. The fourth-order valence-electron chi connectivity index (χ4n) is 6.31. The normalized spacial score (nSPS) is 20.1. The molecule has 2 aromatic carbocycles. The predicted molar refractivity (Wildman–Crippen MR) is 145 cm³/mol. The van der Waals surface area contributed by atoms with E-state index in [1.165, 1.54) is 5.56 Å². The minimum Gasteiger partial charge on any atom is -0.493 e. The zero-order valence-corrected chi connectivity index (χ0v) is 22.0. The summed E-state index contributed by atoms with van der Waals surface area (Å²) in [6.45, 7) is 4.63. The number of anilines is 1. The third-order valence-corrected chi connectivity index (χ3v) is 9.10. The Morgan fingerprint density at radius 3 is 2.70 bits per heavy atom. The van der Waals surface area contributed by atoms with Crippen molar-refractivity contribution in [2.75, 3.05) is 23.0 Å². The van der Waals surface area contributed by atoms with Crippen LogP contribution in [0.4, 0.5) is 5.69 Å². The molecule has 3 aliphatic rings. The summed E-state index contributed by atoms with van der Waals surface area (Å²) in [5.74, 6) is 5.22. The van der Waals surface area contributed by atoms with Gasteiger partial charge in [0.05, 0.1) is 29.4 Å². The number of hydrogen-bond donors (Lipinski definition) is 0. The van der Waals surface area contributed by atoms with Gasteiger partial charge < -0.3 is 18.7 Å². The summed E-state index contributed by atoms with van der Waals surface area (Å²) < 4.78 is 13.6. The van der Waals surface area contributed by atoms with Crippen LogP contribution in [-0.2, 0) is 11.2 Å². The highest BCUT2D eigenvalue weighted by Crippen LogP contribution is 2.43. The van der Waals surface area contributed by atoms with Gasteiger partial charge in [0.15, 0.2) is 0 Å². The van der Waals surface area contributed by atoms with Crippen LogP contribution in [0.2, 0.25) is 0 Å². The van der Waals surface area contributed by atoms with Crippen molar-refractivity contribution < 1.29 is 14.1 Å². The van der Waals surface area contributed by atoms with Crippen LogP contribution in [0.3, 0.4) is 0 Å². The number of imidazole rings is 1. The lowest BCUT2D eigenvalue weighted by Gasteiger charge is -2.30. The molecule has 37 heavy (non-hydrogen) atoms. The molecule has 0 saturated carbocycles. The van der Waals surface area contributed by atoms with Crippen LogP contribution >= 0.6 is 11.8 Å². The molecule has 0 spiro atoms. The Morgan fingerprint density at radius 1 is 1.03 bits per heavy atom. The number of benzene rings is 2. The third-order valence-electron chi connectivity index (χ3n) is 8.06. The van der Waals surface area contributed by atoms with E-state index in [2.05, 4.69) is 34.0 Å². The molecule has 5 heterocycles. The first-order valence-electron chi connectivity index (χ1n) is 13.2. The molecule has 0 radical (unpaired) electrons. The van der Waals surface area contributed by atoms with Crippen LogP contribution in [0.5, 0.6) is 5.75 Å². The molecular formula is C29H30N4O3S. The van der Waals surface area contributed by atoms with Gasteiger partial charge in [0.1, 0.15) is 17.3 Å². The highest BCUT2D eigenvalue weighted by molar-refractivity contribution is 7.99. The first-order valence-corrected chi connectivity index (χ1v) is 14.3. The van der Waals surface area contributed by atoms with E-state index in [-0.39, 0.29) is 11.9 Å². The molecule has 2 fully saturated rings. The average Bonchev–Trinajstić information content (AvgIpc) is 3.68. The molecule has 0 aliphatic carbocycles. The maximum Gasteiger partial charge on any atom is 0.227 e. The van der Waals surface area contributed by atoms with Gasteiger partial charge in [-0.05, 0) is 86.1 Å². The molecule has 8 heteroatoms. The van der Waals surface area contributed by atoms with Gasteiger partial charge in [-0.25, -0.2) is 4.98 Å². The van der Waals surface area contributed by atoms with Gasteiger partial charge in [-0.15, -0.1) is 0 Å². The number of aryl methyl sites for hydroxylation is 2. The van der Waals surface area contributed by atoms with E-state index in [0.717, 1.165) is 88.1 Å². The summed E-state index contributed by atoms with van der Waals surface area (Å²) in [6.07, 6.45) is 4.43. The molecule has 0 N–H and O–H groups in total. The van der Waals surface area contributed by atoms with Gasteiger partial charge in [-0.1, -0.05) is 11.2 Å². The number of ether oxygens (including phenoxy) is 1. The lowest BCUT2D eigenvalue weighted by Crippen LogP contribution is -2.30. The minimum atomic E-state index is -0.0858. The molecule has 1 atom stereocenters. The molecule has 4 aromatic rings. The van der Waals surface area contributed by atoms with Crippen molar-refractivity contribution in [1.82, 2.24) is 14.7 Å². The smallest absolute Gasteiger partial charge is 0.227 e. The third kappa shape index (κ3) is 3.76. The Kier molecular flexibility index (Phi) is 5.53. The van der Waals surface area contributed by atoms with E-state index in [1.807, 2.05) is 42.6 Å². The zero-order chi connectivity index (χ0) is 25.1. The van der Waals surface area contributed by atoms with E-state index >= 15 is 0 Å². The standard InChI is InChI=1S/C29H30N4O3S/c1-17-28(18(2)36-31-17)20-3-5-24-23(16-20)30-29(33(24)21-10-13-37-14-11-21)25-6-8-27(34)32(25)22-4-7-26-19(15-22)9-12-35-26/h3-5,7,15-16,21,25H,6,8-14H2,1-2H3. The maximum atomic E-state index is 13.3. The molecule has 7 nitrogen and oxygen atoms in total. The number of carbonyl (C=O) groups excluding carboxylic acids is 1. The predicted octanol–water partition coefficient (Wildman–Crippen LogP) is 6.18. The quantitative estimate of drug-likeness (QED) is 0.324. The van der Waals surface area contributed by atoms with E-state index in [9.17, 15) is 4.79 Å². The van der Waals surface area contributed by atoms with Gasteiger partial charge in [0, 0.05) is 30.1 Å². The van der Waals surface area contributed by atoms with Crippen molar-refractivity contribution >= 4 is 34.4 Å². The van der Waals surface area contributed by atoms with Crippen molar-refractivity contribution in [1.29, 1.82) is 0 Å². The summed E-state index contributed by atoms with van der Waals surface area (Å²) >= 11 is 2.03. The summed E-state index contributed by atoms with van der Waals surface area (Å²) in [4.78, 5) is 20.5. The second-order valence-electron chi connectivity index (χ2n) is 10.3. The number of fused-ring (bicyclic) bond motifs is 2. The van der Waals surface area contributed by atoms with Crippen molar-refractivity contribution in [3.05, 3.63) is 59.2 Å². The highest BCUT2D eigenvalue weighted by atomic mass is 32.2. The first-order chi connectivity index (χ1) is 18.1. The number of thioether (sulfide) groups is 1. The summed E-state index contributed by atoms with van der Waals surface area (Å²) in [5.41, 5.74) is 7.22. The number of hydrogen-bond acceptors (Lipinski definition) is 6. The highest BCUT2D eigenvalue weighted by Gasteiger charge is 2.38. The van der Waals surface area contributed by atoms with Crippen LogP contribution in [0.25, 0.3) is 22.2 Å². The number of aromatic nitrogens is 3. The number of carbonyl (C=O) groups is 1. The van der Waals surface area contributed by atoms with E-state index in [0.29, 0.717) is 19.1 Å². The molecule has 190 valence electrons. The summed E-state index contributed by atoms with van der Waals surface area (Å²) in [6, 6.07) is 13.0. The molecule has 1 amide bonds. The number of nitrogens with zero attached hydrogens (tertiary/aromatic N) is 4. The maximum absolute atomic E-state index is 13.3. The van der Waals surface area contributed by atoms with Crippen LogP contribution in [0.15, 0.2) is 40.9 Å². The average molecular weight is 515 g/mol. The van der Waals surface area contributed by atoms with Gasteiger partial charge in [0.2, 0.25) is 5.91 Å². The molecule has 2 aromatic heterocycles. The molecule has 1 unspecified atom stereocenters. The first kappa shape index (κ1) is 22.9. The van der Waals surface area contributed by atoms with Crippen molar-refractivity contribution in [2.45, 2.75) is 58.0 Å². The largest absolute Gasteiger partial charge is 0.493 e. The van der Waals surface area contributed by atoms with Crippen molar-refractivity contribution in [3.8, 4) is 16.9 Å². The van der Waals surface area contributed by atoms with Gasteiger partial charge in [0.25, 0.3) is 0 Å². The van der Waals surface area contributed by atoms with Gasteiger partial charge in [-0.3, -0.25) is 4.79 Å². The second-order valence-corrected chi connectivity index (χ2v) is 11.5.